The molecule has 0 saturated heterocycles. The number of rotatable bonds is 3. The van der Waals surface area contributed by atoms with E-state index in [4.69, 9.17) is 4.52 Å². The fourth-order valence-electron chi connectivity index (χ4n) is 1.97. The number of nitrogens with one attached hydrogen (secondary N) is 2. The highest BCUT2D eigenvalue weighted by Gasteiger charge is 2.23. The highest BCUT2D eigenvalue weighted by molar-refractivity contribution is 6.01. The smallest absolute Gasteiger partial charge is 0.275 e. The molecule has 0 bridgehead atoms. The van der Waals surface area contributed by atoms with Gasteiger partial charge in [-0.2, -0.15) is 0 Å². The topological polar surface area (TPSA) is 104 Å². The summed E-state index contributed by atoms with van der Waals surface area (Å²) in [6.07, 6.45) is 0. The Labute approximate surface area is 127 Å². The van der Waals surface area contributed by atoms with Gasteiger partial charge in [0, 0.05) is 5.92 Å². The van der Waals surface area contributed by atoms with Gasteiger partial charge in [-0.05, 0) is 19.1 Å². The first-order valence-electron chi connectivity index (χ1n) is 6.76. The van der Waals surface area contributed by atoms with E-state index in [0.717, 1.165) is 0 Å². The minimum absolute atomic E-state index is 0.0178. The second-order valence-corrected chi connectivity index (χ2v) is 5.09. The number of benzene rings is 1. The number of hydrogen-bond acceptors (Lipinski definition) is 5. The lowest BCUT2D eigenvalue weighted by Crippen LogP contribution is -2.42. The van der Waals surface area contributed by atoms with Crippen molar-refractivity contribution in [2.24, 2.45) is 0 Å². The molecule has 116 valence electrons. The third-order valence-electron chi connectivity index (χ3n) is 3.08. The van der Waals surface area contributed by atoms with Gasteiger partial charge >= 0.3 is 0 Å². The number of aryl methyl sites for hydroxylation is 1. The van der Waals surface area contributed by atoms with E-state index in [1.807, 2.05) is 13.8 Å². The summed E-state index contributed by atoms with van der Waals surface area (Å²) in [7, 11) is 0. The molecule has 0 fully saturated rings. The van der Waals surface area contributed by atoms with E-state index in [9.17, 15) is 14.7 Å². The maximum Gasteiger partial charge on any atom is 0.275 e. The van der Waals surface area contributed by atoms with Crippen LogP contribution in [0.3, 0.4) is 0 Å². The van der Waals surface area contributed by atoms with Crippen LogP contribution in [0.15, 0.2) is 28.8 Å². The minimum Gasteiger partial charge on any atom is -0.507 e. The van der Waals surface area contributed by atoms with Crippen molar-refractivity contribution in [1.29, 1.82) is 0 Å². The Morgan fingerprint density at radius 2 is 1.82 bits per heavy atom. The van der Waals surface area contributed by atoms with Crippen molar-refractivity contribution < 1.29 is 19.2 Å². The molecule has 0 unspecified atom stereocenters. The van der Waals surface area contributed by atoms with E-state index in [-0.39, 0.29) is 17.2 Å². The SMILES string of the molecule is Cc1noc(C(C)C)c1C(=O)NNC(=O)c1ccccc1O. The maximum atomic E-state index is 12.2. The van der Waals surface area contributed by atoms with E-state index in [1.165, 1.54) is 12.1 Å². The molecule has 0 aliphatic rings. The first-order valence-corrected chi connectivity index (χ1v) is 6.76. The van der Waals surface area contributed by atoms with Crippen LogP contribution in [0.2, 0.25) is 0 Å². The highest BCUT2D eigenvalue weighted by Crippen LogP contribution is 2.22. The molecule has 0 atom stereocenters. The average Bonchev–Trinajstić information content (AvgIpc) is 2.87. The molecule has 1 aromatic heterocycles. The monoisotopic (exact) mass is 303 g/mol. The lowest BCUT2D eigenvalue weighted by Gasteiger charge is -2.09. The number of phenolic OH excluding ortho intramolecular Hbond substituents is 1. The molecule has 2 amide bonds. The van der Waals surface area contributed by atoms with Gasteiger partial charge in [0.25, 0.3) is 11.8 Å². The molecule has 0 spiro atoms. The van der Waals surface area contributed by atoms with Crippen LogP contribution >= 0.6 is 0 Å². The quantitative estimate of drug-likeness (QED) is 0.751. The molecular formula is C15H17N3O4. The standard InChI is InChI=1S/C15H17N3O4/c1-8(2)13-12(9(3)18-22-13)15(21)17-16-14(20)10-6-4-5-7-11(10)19/h4-8,19H,1-3H3,(H,16,20)(H,17,21). The van der Waals surface area contributed by atoms with Crippen molar-refractivity contribution in [3.63, 3.8) is 0 Å². The van der Waals surface area contributed by atoms with Crippen molar-refractivity contribution in [2.45, 2.75) is 26.7 Å². The Bertz CT molecular complexity index is 707. The lowest BCUT2D eigenvalue weighted by atomic mass is 10.0. The van der Waals surface area contributed by atoms with Gasteiger partial charge in [-0.25, -0.2) is 0 Å². The fourth-order valence-corrected chi connectivity index (χ4v) is 1.97. The van der Waals surface area contributed by atoms with Crippen LogP contribution < -0.4 is 10.9 Å². The number of hydrogen-bond donors (Lipinski definition) is 3. The maximum absolute atomic E-state index is 12.2. The normalized spacial score (nSPS) is 10.5. The number of para-hydroxylation sites is 1. The van der Waals surface area contributed by atoms with Gasteiger partial charge in [0.15, 0.2) is 5.76 Å². The highest BCUT2D eigenvalue weighted by atomic mass is 16.5. The first kappa shape index (κ1) is 15.6. The molecule has 0 aliphatic carbocycles. The molecule has 2 aromatic rings. The lowest BCUT2D eigenvalue weighted by molar-refractivity contribution is 0.0843. The predicted molar refractivity (Wildman–Crippen MR) is 78.4 cm³/mol. The molecule has 0 radical (unpaired) electrons. The Kier molecular flexibility index (Phi) is 4.45. The van der Waals surface area contributed by atoms with Crippen LogP contribution in [0.1, 0.15) is 51.9 Å². The number of aromatic nitrogens is 1. The summed E-state index contributed by atoms with van der Waals surface area (Å²) in [6.45, 7) is 5.39. The first-order chi connectivity index (χ1) is 10.4. The van der Waals surface area contributed by atoms with E-state index in [1.54, 1.807) is 19.1 Å². The van der Waals surface area contributed by atoms with E-state index in [2.05, 4.69) is 16.0 Å². The van der Waals surface area contributed by atoms with Gasteiger partial charge < -0.3 is 9.63 Å². The fraction of sp³-hybridized carbons (Fsp3) is 0.267. The van der Waals surface area contributed by atoms with E-state index >= 15 is 0 Å². The third kappa shape index (κ3) is 3.08. The van der Waals surface area contributed by atoms with Gasteiger partial charge in [0.2, 0.25) is 0 Å². The van der Waals surface area contributed by atoms with Crippen molar-refractivity contribution >= 4 is 11.8 Å². The molecule has 1 heterocycles. The van der Waals surface area contributed by atoms with Gasteiger partial charge in [0.1, 0.15) is 11.3 Å². The summed E-state index contributed by atoms with van der Waals surface area (Å²) in [5, 5.41) is 13.4. The Hall–Kier alpha value is -2.83. The molecule has 22 heavy (non-hydrogen) atoms. The molecule has 7 heteroatoms. The predicted octanol–water partition coefficient (Wildman–Crippen LogP) is 1.89. The molecule has 3 N–H and O–H groups in total. The second-order valence-electron chi connectivity index (χ2n) is 5.09. The Morgan fingerprint density at radius 3 is 2.45 bits per heavy atom. The van der Waals surface area contributed by atoms with Gasteiger partial charge in [0.05, 0.1) is 11.3 Å². The van der Waals surface area contributed by atoms with Crippen molar-refractivity contribution in [1.82, 2.24) is 16.0 Å². The van der Waals surface area contributed by atoms with Gasteiger partial charge in [-0.3, -0.25) is 20.4 Å². The number of carbonyl (C=O) groups excluding carboxylic acids is 2. The molecule has 1 aromatic carbocycles. The van der Waals surface area contributed by atoms with E-state index in [0.29, 0.717) is 17.0 Å². The van der Waals surface area contributed by atoms with E-state index < -0.39 is 11.8 Å². The van der Waals surface area contributed by atoms with Crippen LogP contribution in [0.5, 0.6) is 5.75 Å². The summed E-state index contributed by atoms with van der Waals surface area (Å²) < 4.78 is 5.13. The van der Waals surface area contributed by atoms with Crippen molar-refractivity contribution in [2.75, 3.05) is 0 Å². The zero-order valence-electron chi connectivity index (χ0n) is 12.5. The molecule has 0 aliphatic heterocycles. The van der Waals surface area contributed by atoms with Crippen molar-refractivity contribution in [3.05, 3.63) is 46.8 Å². The van der Waals surface area contributed by atoms with Crippen LogP contribution in [0.4, 0.5) is 0 Å². The summed E-state index contributed by atoms with van der Waals surface area (Å²) in [6, 6.07) is 6.04. The minimum atomic E-state index is -0.619. The third-order valence-corrected chi connectivity index (χ3v) is 3.08. The van der Waals surface area contributed by atoms with Crippen LogP contribution in [0, 0.1) is 6.92 Å². The summed E-state index contributed by atoms with van der Waals surface area (Å²) in [5.74, 6) is -0.876. The Morgan fingerprint density at radius 1 is 1.18 bits per heavy atom. The zero-order chi connectivity index (χ0) is 16.3. The largest absolute Gasteiger partial charge is 0.507 e. The van der Waals surface area contributed by atoms with Crippen molar-refractivity contribution in [3.8, 4) is 5.75 Å². The molecule has 2 rings (SSSR count). The molecule has 0 saturated carbocycles. The summed E-state index contributed by atoms with van der Waals surface area (Å²) >= 11 is 0. The number of amides is 2. The van der Waals surface area contributed by atoms with Crippen LogP contribution in [0.25, 0.3) is 0 Å². The number of aromatic hydroxyl groups is 1. The van der Waals surface area contributed by atoms with Crippen LogP contribution in [-0.4, -0.2) is 22.1 Å². The molecular weight excluding hydrogens is 286 g/mol. The van der Waals surface area contributed by atoms with Crippen LogP contribution in [-0.2, 0) is 0 Å². The average molecular weight is 303 g/mol. The number of hydrazine groups is 1. The summed E-state index contributed by atoms with van der Waals surface area (Å²) in [4.78, 5) is 24.1. The number of carbonyl (C=O) groups is 2. The zero-order valence-corrected chi connectivity index (χ0v) is 12.5. The summed E-state index contributed by atoms with van der Waals surface area (Å²) in [5.41, 5.74) is 5.36. The second kappa shape index (κ2) is 6.30. The Balaban J connectivity index is 2.09. The number of phenols is 1. The number of nitrogens with zero attached hydrogens (tertiary/aromatic N) is 1. The van der Waals surface area contributed by atoms with Gasteiger partial charge in [-0.1, -0.05) is 31.1 Å². The molecule has 7 nitrogen and oxygen atoms in total. The van der Waals surface area contributed by atoms with Gasteiger partial charge in [-0.15, -0.1) is 0 Å².